The highest BCUT2D eigenvalue weighted by atomic mass is 16.5. The molecule has 1 aromatic rings. The maximum absolute atomic E-state index is 10.3. The van der Waals surface area contributed by atoms with Gasteiger partial charge in [-0.3, -0.25) is 0 Å². The lowest BCUT2D eigenvalue weighted by Crippen LogP contribution is -2.40. The smallest absolute Gasteiger partial charge is 0.127 e. The van der Waals surface area contributed by atoms with Crippen LogP contribution in [-0.2, 0) is 6.42 Å². The molecule has 1 unspecified atom stereocenters. The fourth-order valence-corrected chi connectivity index (χ4v) is 3.87. The van der Waals surface area contributed by atoms with Crippen LogP contribution < -0.4 is 4.74 Å². The van der Waals surface area contributed by atoms with Gasteiger partial charge < -0.3 is 14.7 Å². The zero-order chi connectivity index (χ0) is 15.9. The molecular weight excluding hydrogens is 274 g/mol. The third-order valence-electron chi connectivity index (χ3n) is 5.75. The van der Waals surface area contributed by atoms with Crippen LogP contribution in [0.4, 0.5) is 0 Å². The number of aromatic hydroxyl groups is 1. The van der Waals surface area contributed by atoms with E-state index in [0.717, 1.165) is 48.2 Å². The first-order chi connectivity index (χ1) is 10.4. The topological polar surface area (TPSA) is 32.7 Å². The molecule has 0 aliphatic carbocycles. The highest BCUT2D eigenvalue weighted by Crippen LogP contribution is 2.44. The Hall–Kier alpha value is -1.22. The molecule has 122 valence electrons. The van der Waals surface area contributed by atoms with Gasteiger partial charge in [-0.1, -0.05) is 0 Å². The van der Waals surface area contributed by atoms with Crippen molar-refractivity contribution in [2.75, 3.05) is 19.6 Å². The Bertz CT molecular complexity index is 576. The van der Waals surface area contributed by atoms with Crippen molar-refractivity contribution in [3.05, 3.63) is 22.3 Å². The molecule has 3 nitrogen and oxygen atoms in total. The van der Waals surface area contributed by atoms with Gasteiger partial charge in [-0.2, -0.15) is 0 Å². The number of nitrogens with zero attached hydrogens (tertiary/aromatic N) is 1. The van der Waals surface area contributed by atoms with Crippen LogP contribution >= 0.6 is 0 Å². The Morgan fingerprint density at radius 3 is 2.45 bits per heavy atom. The van der Waals surface area contributed by atoms with Crippen LogP contribution in [0, 0.1) is 20.8 Å². The zero-order valence-corrected chi connectivity index (χ0v) is 14.5. The van der Waals surface area contributed by atoms with Gasteiger partial charge in [-0.15, -0.1) is 0 Å². The third kappa shape index (κ3) is 2.71. The van der Waals surface area contributed by atoms with Crippen molar-refractivity contribution >= 4 is 0 Å². The first kappa shape index (κ1) is 15.7. The summed E-state index contributed by atoms with van der Waals surface area (Å²) in [6.45, 7) is 12.0. The van der Waals surface area contributed by atoms with Crippen LogP contribution in [0.15, 0.2) is 0 Å². The van der Waals surface area contributed by atoms with E-state index in [4.69, 9.17) is 4.74 Å². The van der Waals surface area contributed by atoms with Gasteiger partial charge in [0.25, 0.3) is 0 Å². The van der Waals surface area contributed by atoms with Crippen molar-refractivity contribution in [3.63, 3.8) is 0 Å². The summed E-state index contributed by atoms with van der Waals surface area (Å²) >= 11 is 0. The highest BCUT2D eigenvalue weighted by molar-refractivity contribution is 5.58. The van der Waals surface area contributed by atoms with Crippen molar-refractivity contribution in [1.29, 1.82) is 0 Å². The number of likely N-dealkylation sites (tertiary alicyclic amines) is 1. The van der Waals surface area contributed by atoms with Crippen LogP contribution in [0.25, 0.3) is 0 Å². The van der Waals surface area contributed by atoms with Crippen LogP contribution in [0.5, 0.6) is 11.5 Å². The SMILES string of the molecule is Cc1c(C)c2c(c(C)c1O)CCC(C)(CCN1CCCC1)O2. The molecule has 3 heteroatoms. The molecule has 0 bridgehead atoms. The average Bonchev–Trinajstić information content (AvgIpc) is 3.02. The van der Waals surface area contributed by atoms with Gasteiger partial charge in [-0.25, -0.2) is 0 Å². The number of ether oxygens (including phenoxy) is 1. The molecule has 3 rings (SSSR count). The van der Waals surface area contributed by atoms with Gasteiger partial charge in [0, 0.05) is 12.1 Å². The monoisotopic (exact) mass is 303 g/mol. The molecule has 1 N–H and O–H groups in total. The molecule has 2 aliphatic rings. The molecule has 2 heterocycles. The molecule has 0 amide bonds. The summed E-state index contributed by atoms with van der Waals surface area (Å²) < 4.78 is 6.49. The Morgan fingerprint density at radius 2 is 1.77 bits per heavy atom. The van der Waals surface area contributed by atoms with Crippen LogP contribution in [-0.4, -0.2) is 35.2 Å². The van der Waals surface area contributed by atoms with E-state index >= 15 is 0 Å². The van der Waals surface area contributed by atoms with E-state index in [0.29, 0.717) is 5.75 Å². The predicted molar refractivity (Wildman–Crippen MR) is 90.0 cm³/mol. The molecule has 1 fully saturated rings. The number of fused-ring (bicyclic) bond motifs is 1. The summed E-state index contributed by atoms with van der Waals surface area (Å²) in [5.74, 6) is 1.48. The minimum atomic E-state index is -0.0732. The minimum absolute atomic E-state index is 0.0732. The van der Waals surface area contributed by atoms with E-state index in [1.807, 2.05) is 13.8 Å². The second kappa shape index (κ2) is 5.77. The lowest BCUT2D eigenvalue weighted by Gasteiger charge is -2.38. The number of phenolic OH excluding ortho intramolecular Hbond substituents is 1. The summed E-state index contributed by atoms with van der Waals surface area (Å²) in [6, 6.07) is 0. The number of hydrogen-bond acceptors (Lipinski definition) is 3. The van der Waals surface area contributed by atoms with Crippen molar-refractivity contribution in [2.24, 2.45) is 0 Å². The quantitative estimate of drug-likeness (QED) is 0.919. The van der Waals surface area contributed by atoms with E-state index in [9.17, 15) is 5.11 Å². The predicted octanol–water partition coefficient (Wildman–Crippen LogP) is 3.89. The second-order valence-corrected chi connectivity index (χ2v) is 7.38. The van der Waals surface area contributed by atoms with Crippen molar-refractivity contribution in [2.45, 2.75) is 65.4 Å². The molecule has 0 spiro atoms. The second-order valence-electron chi connectivity index (χ2n) is 7.38. The summed E-state index contributed by atoms with van der Waals surface area (Å²) in [5.41, 5.74) is 4.19. The maximum Gasteiger partial charge on any atom is 0.127 e. The molecule has 1 aromatic carbocycles. The van der Waals surface area contributed by atoms with Crippen molar-refractivity contribution < 1.29 is 9.84 Å². The van der Waals surface area contributed by atoms with Gasteiger partial charge >= 0.3 is 0 Å². The van der Waals surface area contributed by atoms with Crippen molar-refractivity contribution in [1.82, 2.24) is 4.90 Å². The normalized spacial score (nSPS) is 25.1. The van der Waals surface area contributed by atoms with Crippen LogP contribution in [0.3, 0.4) is 0 Å². The number of phenols is 1. The Morgan fingerprint density at radius 1 is 1.09 bits per heavy atom. The molecule has 1 saturated heterocycles. The molecule has 1 atom stereocenters. The van der Waals surface area contributed by atoms with Gasteiger partial charge in [0.05, 0.1) is 0 Å². The third-order valence-corrected chi connectivity index (χ3v) is 5.75. The van der Waals surface area contributed by atoms with Crippen molar-refractivity contribution in [3.8, 4) is 11.5 Å². The number of rotatable bonds is 3. The maximum atomic E-state index is 10.3. The van der Waals surface area contributed by atoms with E-state index in [1.165, 1.54) is 31.5 Å². The average molecular weight is 303 g/mol. The van der Waals surface area contributed by atoms with E-state index in [1.54, 1.807) is 0 Å². The fraction of sp³-hybridized carbons (Fsp3) is 0.684. The van der Waals surface area contributed by atoms with Gasteiger partial charge in [0.1, 0.15) is 17.1 Å². The van der Waals surface area contributed by atoms with Crippen LogP contribution in [0.1, 0.15) is 54.9 Å². The van der Waals surface area contributed by atoms with Crippen LogP contribution in [0.2, 0.25) is 0 Å². The van der Waals surface area contributed by atoms with E-state index in [2.05, 4.69) is 18.7 Å². The Balaban J connectivity index is 1.80. The molecule has 0 aromatic heterocycles. The minimum Gasteiger partial charge on any atom is -0.507 e. The van der Waals surface area contributed by atoms with E-state index < -0.39 is 0 Å². The van der Waals surface area contributed by atoms with Gasteiger partial charge in [0.2, 0.25) is 0 Å². The Labute approximate surface area is 134 Å². The first-order valence-electron chi connectivity index (χ1n) is 8.64. The largest absolute Gasteiger partial charge is 0.507 e. The lowest BCUT2D eigenvalue weighted by molar-refractivity contribution is 0.0458. The molecule has 0 saturated carbocycles. The fourth-order valence-electron chi connectivity index (χ4n) is 3.87. The van der Waals surface area contributed by atoms with Gasteiger partial charge in [-0.05, 0) is 89.6 Å². The summed E-state index contributed by atoms with van der Waals surface area (Å²) in [5, 5.41) is 10.3. The standard InChI is InChI=1S/C19H29NO2/c1-13-14(2)18-16(15(3)17(13)21)7-8-19(4,22-18)9-12-20-10-5-6-11-20/h21H,5-12H2,1-4H3. The number of benzene rings is 1. The summed E-state index contributed by atoms with van der Waals surface area (Å²) in [4.78, 5) is 2.56. The van der Waals surface area contributed by atoms with E-state index in [-0.39, 0.29) is 5.60 Å². The zero-order valence-electron chi connectivity index (χ0n) is 14.5. The Kier molecular flexibility index (Phi) is 4.11. The highest BCUT2D eigenvalue weighted by Gasteiger charge is 2.34. The first-order valence-corrected chi connectivity index (χ1v) is 8.64. The molecule has 0 radical (unpaired) electrons. The van der Waals surface area contributed by atoms with Gasteiger partial charge in [0.15, 0.2) is 0 Å². The number of hydrogen-bond donors (Lipinski definition) is 1. The lowest BCUT2D eigenvalue weighted by atomic mass is 9.85. The summed E-state index contributed by atoms with van der Waals surface area (Å²) in [6.07, 6.45) is 5.82. The molecule has 22 heavy (non-hydrogen) atoms. The molecular formula is C19H29NO2. The molecule has 2 aliphatic heterocycles. The summed E-state index contributed by atoms with van der Waals surface area (Å²) in [7, 11) is 0.